The second-order valence-electron chi connectivity index (χ2n) is 10.3. The van der Waals surface area contributed by atoms with Gasteiger partial charge in [0.2, 0.25) is 0 Å². The molecule has 0 aliphatic carbocycles. The van der Waals surface area contributed by atoms with Crippen molar-refractivity contribution in [1.29, 1.82) is 0 Å². The minimum atomic E-state index is 0.210. The lowest BCUT2D eigenvalue weighted by Crippen LogP contribution is -2.05. The van der Waals surface area contributed by atoms with Crippen molar-refractivity contribution in [3.8, 4) is 39.5 Å². The van der Waals surface area contributed by atoms with Crippen molar-refractivity contribution in [3.05, 3.63) is 64.2 Å². The van der Waals surface area contributed by atoms with Gasteiger partial charge in [-0.05, 0) is 61.7 Å². The minimum Gasteiger partial charge on any atom is -0.496 e. The largest absolute Gasteiger partial charge is 0.496 e. The molecule has 0 radical (unpaired) electrons. The van der Waals surface area contributed by atoms with Crippen molar-refractivity contribution in [2.24, 2.45) is 0 Å². The lowest BCUT2D eigenvalue weighted by atomic mass is 9.90. The molecule has 7 heteroatoms. The third-order valence-corrected chi connectivity index (χ3v) is 6.97. The van der Waals surface area contributed by atoms with E-state index in [0.717, 1.165) is 80.5 Å². The molecule has 0 amide bonds. The van der Waals surface area contributed by atoms with E-state index in [1.807, 2.05) is 0 Å². The van der Waals surface area contributed by atoms with Crippen LogP contribution in [0.15, 0.2) is 36.4 Å². The Morgan fingerprint density at radius 2 is 0.897 bits per heavy atom. The van der Waals surface area contributed by atoms with Crippen molar-refractivity contribution in [1.82, 2.24) is 0 Å². The first kappa shape index (κ1) is 27.5. The van der Waals surface area contributed by atoms with E-state index >= 15 is 0 Å². The fourth-order valence-corrected chi connectivity index (χ4v) is 5.12. The number of hydrogen-bond donors (Lipinski definition) is 0. The van der Waals surface area contributed by atoms with Crippen molar-refractivity contribution >= 4 is 0 Å². The van der Waals surface area contributed by atoms with Gasteiger partial charge < -0.3 is 33.2 Å². The normalized spacial score (nSPS) is 17.7. The number of ether oxygens (including phenoxy) is 7. The average molecular weight is 535 g/mol. The van der Waals surface area contributed by atoms with Gasteiger partial charge >= 0.3 is 0 Å². The lowest BCUT2D eigenvalue weighted by molar-refractivity contribution is 0.102. The molecule has 208 valence electrons. The molecule has 2 aliphatic rings. The number of rotatable bonds is 13. The maximum Gasteiger partial charge on any atom is 0.134 e. The molecule has 3 aromatic carbocycles. The van der Waals surface area contributed by atoms with Crippen LogP contribution in [0.1, 0.15) is 27.8 Å². The zero-order chi connectivity index (χ0) is 27.5. The zero-order valence-corrected chi connectivity index (χ0v) is 23.7. The van der Waals surface area contributed by atoms with Crippen LogP contribution in [0.2, 0.25) is 0 Å². The Hall–Kier alpha value is -3.10. The Labute approximate surface area is 230 Å². The minimum absolute atomic E-state index is 0.210. The first-order valence-corrected chi connectivity index (χ1v) is 13.3. The number of methoxy groups -OCH3 is 3. The topological polar surface area (TPSA) is 71.2 Å². The van der Waals surface area contributed by atoms with E-state index in [0.29, 0.717) is 26.4 Å². The average Bonchev–Trinajstić information content (AvgIpc) is 3.84. The van der Waals surface area contributed by atoms with E-state index in [1.54, 1.807) is 21.3 Å². The van der Waals surface area contributed by atoms with Crippen molar-refractivity contribution in [2.45, 2.75) is 46.2 Å². The summed E-state index contributed by atoms with van der Waals surface area (Å²) < 4.78 is 40.6. The van der Waals surface area contributed by atoms with E-state index in [9.17, 15) is 0 Å². The second kappa shape index (κ2) is 12.0. The quantitative estimate of drug-likeness (QED) is 0.257. The zero-order valence-electron chi connectivity index (χ0n) is 23.7. The Morgan fingerprint density at radius 3 is 1.23 bits per heavy atom. The van der Waals surface area contributed by atoms with Crippen LogP contribution in [-0.2, 0) is 32.2 Å². The molecule has 3 aromatic rings. The Balaban J connectivity index is 1.59. The molecule has 2 fully saturated rings. The summed E-state index contributed by atoms with van der Waals surface area (Å²) in [4.78, 5) is 0. The molecule has 2 aliphatic heterocycles. The van der Waals surface area contributed by atoms with E-state index in [2.05, 4.69) is 57.2 Å². The van der Waals surface area contributed by atoms with Gasteiger partial charge in [0.15, 0.2) is 0 Å². The third-order valence-electron chi connectivity index (χ3n) is 6.97. The van der Waals surface area contributed by atoms with E-state index in [-0.39, 0.29) is 12.2 Å². The molecule has 0 spiro atoms. The van der Waals surface area contributed by atoms with Gasteiger partial charge in [0, 0.05) is 33.4 Å². The highest BCUT2D eigenvalue weighted by Gasteiger charge is 2.26. The van der Waals surface area contributed by atoms with Gasteiger partial charge in [-0.3, -0.25) is 0 Å². The predicted molar refractivity (Wildman–Crippen MR) is 150 cm³/mol. The van der Waals surface area contributed by atoms with Crippen molar-refractivity contribution in [2.75, 3.05) is 47.8 Å². The Morgan fingerprint density at radius 1 is 0.564 bits per heavy atom. The standard InChI is InChI=1S/C32H38O7/c1-19-7-22(13-36-15-24-17-38-24)30(33-4)26(9-19)28-11-21(3)12-29(32(28)35-6)27-10-20(2)8-23(31(27)34-5)14-37-16-25-18-39-25/h7-12,24-25H,13-18H2,1-6H3. The van der Waals surface area contributed by atoms with Crippen LogP contribution < -0.4 is 14.2 Å². The highest BCUT2D eigenvalue weighted by Crippen LogP contribution is 2.47. The molecule has 0 bridgehead atoms. The highest BCUT2D eigenvalue weighted by molar-refractivity contribution is 5.88. The van der Waals surface area contributed by atoms with Gasteiger partial charge in [-0.2, -0.15) is 0 Å². The molecule has 7 nitrogen and oxygen atoms in total. The first-order valence-electron chi connectivity index (χ1n) is 13.3. The number of benzene rings is 3. The number of epoxide rings is 2. The molecule has 2 saturated heterocycles. The number of hydrogen-bond acceptors (Lipinski definition) is 7. The van der Waals surface area contributed by atoms with Crippen LogP contribution in [0.3, 0.4) is 0 Å². The van der Waals surface area contributed by atoms with E-state index in [1.165, 1.54) is 0 Å². The predicted octanol–water partition coefficient (Wildman–Crippen LogP) is 5.80. The van der Waals surface area contributed by atoms with Crippen LogP contribution in [-0.4, -0.2) is 60.0 Å². The van der Waals surface area contributed by atoms with Gasteiger partial charge in [-0.1, -0.05) is 12.1 Å². The van der Waals surface area contributed by atoms with Crippen LogP contribution in [0.5, 0.6) is 17.2 Å². The molecule has 0 aromatic heterocycles. The summed E-state index contributed by atoms with van der Waals surface area (Å²) in [5.74, 6) is 2.31. The van der Waals surface area contributed by atoms with Crippen LogP contribution in [0, 0.1) is 20.8 Å². The summed E-state index contributed by atoms with van der Waals surface area (Å²) in [7, 11) is 5.11. The molecule has 0 saturated carbocycles. The molecule has 39 heavy (non-hydrogen) atoms. The van der Waals surface area contributed by atoms with E-state index in [4.69, 9.17) is 33.2 Å². The first-order chi connectivity index (χ1) is 18.9. The monoisotopic (exact) mass is 534 g/mol. The molecule has 0 N–H and O–H groups in total. The lowest BCUT2D eigenvalue weighted by Gasteiger charge is -2.22. The second-order valence-corrected chi connectivity index (χ2v) is 10.3. The molecule has 2 atom stereocenters. The van der Waals surface area contributed by atoms with Gasteiger partial charge in [0.05, 0.1) is 61.0 Å². The third kappa shape index (κ3) is 6.39. The fourth-order valence-electron chi connectivity index (χ4n) is 5.12. The van der Waals surface area contributed by atoms with Crippen LogP contribution >= 0.6 is 0 Å². The molecular weight excluding hydrogens is 496 g/mol. The smallest absolute Gasteiger partial charge is 0.134 e. The van der Waals surface area contributed by atoms with Gasteiger partial charge in [0.1, 0.15) is 29.5 Å². The maximum atomic E-state index is 6.13. The summed E-state index contributed by atoms with van der Waals surface area (Å²) in [6.07, 6.45) is 0.419. The van der Waals surface area contributed by atoms with Crippen molar-refractivity contribution in [3.63, 3.8) is 0 Å². The SMILES string of the molecule is COc1c(COCC2CO2)cc(C)cc1-c1cc(C)cc(-c2cc(C)cc(COCC3CO3)c2OC)c1OC. The summed E-state index contributed by atoms with van der Waals surface area (Å²) in [6, 6.07) is 12.8. The van der Waals surface area contributed by atoms with Crippen molar-refractivity contribution < 1.29 is 33.2 Å². The van der Waals surface area contributed by atoms with Gasteiger partial charge in [-0.25, -0.2) is 0 Å². The Bertz CT molecular complexity index is 1230. The molecule has 2 heterocycles. The summed E-state index contributed by atoms with van der Waals surface area (Å²) in [5, 5.41) is 0. The van der Waals surface area contributed by atoms with Gasteiger partial charge in [0.25, 0.3) is 0 Å². The fraction of sp³-hybridized carbons (Fsp3) is 0.438. The molecular formula is C32H38O7. The summed E-state index contributed by atoms with van der Waals surface area (Å²) >= 11 is 0. The van der Waals surface area contributed by atoms with Crippen LogP contribution in [0.4, 0.5) is 0 Å². The molecule has 5 rings (SSSR count). The van der Waals surface area contributed by atoms with Gasteiger partial charge in [-0.15, -0.1) is 0 Å². The summed E-state index contributed by atoms with van der Waals surface area (Å²) in [6.45, 7) is 9.85. The summed E-state index contributed by atoms with van der Waals surface area (Å²) in [5.41, 5.74) is 9.13. The molecule has 2 unspecified atom stereocenters. The number of aryl methyl sites for hydroxylation is 3. The van der Waals surface area contributed by atoms with Crippen LogP contribution in [0.25, 0.3) is 22.3 Å². The Kier molecular flexibility index (Phi) is 8.43. The van der Waals surface area contributed by atoms with E-state index < -0.39 is 0 Å². The highest BCUT2D eigenvalue weighted by atomic mass is 16.6. The maximum absolute atomic E-state index is 6.13.